The first-order valence-electron chi connectivity index (χ1n) is 8.88. The Balaban J connectivity index is 1.58. The molecule has 0 saturated heterocycles. The number of halogens is 1. The molecule has 3 rings (SSSR count). The molecule has 12 heteroatoms. The Bertz CT molecular complexity index is 1050. The first-order chi connectivity index (χ1) is 14.4. The molecule has 2 aromatic heterocycles. The van der Waals surface area contributed by atoms with Crippen molar-refractivity contribution in [3.63, 3.8) is 0 Å². The van der Waals surface area contributed by atoms with Crippen LogP contribution in [0.15, 0.2) is 29.4 Å². The molecule has 0 radical (unpaired) electrons. The predicted octanol–water partition coefficient (Wildman–Crippen LogP) is 2.91. The normalized spacial score (nSPS) is 10.8. The number of thiazole rings is 1. The average molecular weight is 467 g/mol. The minimum atomic E-state index is -0.323. The maximum Gasteiger partial charge on any atom is 0.311 e. The Morgan fingerprint density at radius 2 is 2.03 bits per heavy atom. The van der Waals surface area contributed by atoms with Gasteiger partial charge in [-0.05, 0) is 38.1 Å². The van der Waals surface area contributed by atoms with Crippen LogP contribution in [-0.2, 0) is 20.7 Å². The van der Waals surface area contributed by atoms with Crippen LogP contribution in [0.5, 0.6) is 0 Å². The summed E-state index contributed by atoms with van der Waals surface area (Å²) >= 11 is 8.29. The molecular formula is C18H19ClN6O3S2. The summed E-state index contributed by atoms with van der Waals surface area (Å²) in [7, 11) is 0. The molecule has 0 aliphatic heterocycles. The first kappa shape index (κ1) is 22.1. The monoisotopic (exact) mass is 466 g/mol. The van der Waals surface area contributed by atoms with Crippen LogP contribution in [0, 0.1) is 6.92 Å². The summed E-state index contributed by atoms with van der Waals surface area (Å²) < 4.78 is 6.27. The molecule has 9 nitrogen and oxygen atoms in total. The van der Waals surface area contributed by atoms with Gasteiger partial charge >= 0.3 is 5.97 Å². The zero-order chi connectivity index (χ0) is 21.7. The number of ether oxygens (including phenoxy) is 1. The third-order valence-electron chi connectivity index (χ3n) is 3.85. The number of aryl methyl sites for hydroxylation is 1. The van der Waals surface area contributed by atoms with Gasteiger partial charge in [-0.15, -0.1) is 21.5 Å². The summed E-state index contributed by atoms with van der Waals surface area (Å²) in [4.78, 5) is 29.0. The number of rotatable bonds is 8. The largest absolute Gasteiger partial charge is 0.466 e. The quantitative estimate of drug-likeness (QED) is 0.295. The lowest BCUT2D eigenvalue weighted by Crippen LogP contribution is -2.16. The zero-order valence-electron chi connectivity index (χ0n) is 16.2. The number of benzene rings is 1. The first-order valence-corrected chi connectivity index (χ1v) is 11.1. The minimum Gasteiger partial charge on any atom is -0.466 e. The number of nitrogens with one attached hydrogen (secondary N) is 1. The Labute approximate surface area is 186 Å². The Morgan fingerprint density at radius 3 is 2.73 bits per heavy atom. The van der Waals surface area contributed by atoms with Crippen molar-refractivity contribution in [1.82, 2.24) is 19.9 Å². The molecule has 158 valence electrons. The summed E-state index contributed by atoms with van der Waals surface area (Å²) in [6.07, 6.45) is 0.131. The number of thioether (sulfide) groups is 1. The number of nitrogens with two attached hydrogens (primary N) is 1. The van der Waals surface area contributed by atoms with E-state index in [2.05, 4.69) is 20.5 Å². The van der Waals surface area contributed by atoms with Gasteiger partial charge in [0.05, 0.1) is 24.5 Å². The van der Waals surface area contributed by atoms with E-state index in [-0.39, 0.29) is 24.1 Å². The number of amides is 1. The van der Waals surface area contributed by atoms with Gasteiger partial charge in [0.15, 0.2) is 11.0 Å². The van der Waals surface area contributed by atoms with Gasteiger partial charge in [0, 0.05) is 15.5 Å². The maximum atomic E-state index is 12.3. The molecule has 1 amide bonds. The zero-order valence-corrected chi connectivity index (χ0v) is 18.6. The summed E-state index contributed by atoms with van der Waals surface area (Å²) in [5, 5.41) is 12.3. The highest BCUT2D eigenvalue weighted by molar-refractivity contribution is 7.99. The summed E-state index contributed by atoms with van der Waals surface area (Å²) in [5.41, 5.74) is 1.45. The van der Waals surface area contributed by atoms with Crippen molar-refractivity contribution in [3.05, 3.63) is 39.9 Å². The number of carbonyl (C=O) groups excluding carboxylic acids is 2. The molecule has 1 aromatic carbocycles. The summed E-state index contributed by atoms with van der Waals surface area (Å²) in [6.45, 7) is 3.86. The summed E-state index contributed by atoms with van der Waals surface area (Å²) in [6, 6.07) is 7.04. The molecule has 30 heavy (non-hydrogen) atoms. The smallest absolute Gasteiger partial charge is 0.311 e. The summed E-state index contributed by atoms with van der Waals surface area (Å²) in [5.74, 6) is 6.00. The number of anilines is 1. The molecule has 0 fully saturated rings. The number of esters is 1. The Morgan fingerprint density at radius 1 is 1.30 bits per heavy atom. The average Bonchev–Trinajstić information content (AvgIpc) is 3.23. The molecule has 0 aliphatic carbocycles. The van der Waals surface area contributed by atoms with Crippen molar-refractivity contribution in [1.29, 1.82) is 0 Å². The van der Waals surface area contributed by atoms with Crippen molar-refractivity contribution in [2.24, 2.45) is 0 Å². The third-order valence-corrected chi connectivity index (χ3v) is 6.12. The second-order valence-electron chi connectivity index (χ2n) is 6.03. The van der Waals surface area contributed by atoms with Crippen molar-refractivity contribution < 1.29 is 14.3 Å². The van der Waals surface area contributed by atoms with Gasteiger partial charge in [-0.1, -0.05) is 23.4 Å². The van der Waals surface area contributed by atoms with Crippen LogP contribution in [0.4, 0.5) is 5.13 Å². The highest BCUT2D eigenvalue weighted by atomic mass is 35.5. The second-order valence-corrected chi connectivity index (χ2v) is 8.49. The van der Waals surface area contributed by atoms with Crippen LogP contribution < -0.4 is 11.2 Å². The molecule has 3 aromatic rings. The fourth-order valence-electron chi connectivity index (χ4n) is 2.45. The van der Waals surface area contributed by atoms with E-state index >= 15 is 0 Å². The van der Waals surface area contributed by atoms with E-state index < -0.39 is 0 Å². The lowest BCUT2D eigenvalue weighted by atomic mass is 10.2. The van der Waals surface area contributed by atoms with Gasteiger partial charge in [0.25, 0.3) is 0 Å². The number of aromatic nitrogens is 4. The van der Waals surface area contributed by atoms with Gasteiger partial charge in [0.2, 0.25) is 11.1 Å². The van der Waals surface area contributed by atoms with E-state index in [9.17, 15) is 9.59 Å². The number of nitrogens with zero attached hydrogens (tertiary/aromatic N) is 4. The van der Waals surface area contributed by atoms with E-state index in [1.807, 2.05) is 0 Å². The van der Waals surface area contributed by atoms with Crippen molar-refractivity contribution in [2.75, 3.05) is 23.5 Å². The molecule has 0 saturated carbocycles. The van der Waals surface area contributed by atoms with E-state index in [4.69, 9.17) is 22.2 Å². The molecule has 0 spiro atoms. The highest BCUT2D eigenvalue weighted by Crippen LogP contribution is 2.25. The molecule has 2 heterocycles. The van der Waals surface area contributed by atoms with Crippen LogP contribution in [0.1, 0.15) is 17.5 Å². The van der Waals surface area contributed by atoms with Gasteiger partial charge in [-0.25, -0.2) is 9.66 Å². The minimum absolute atomic E-state index is 0.0712. The number of carbonyl (C=O) groups is 2. The highest BCUT2D eigenvalue weighted by Gasteiger charge is 2.16. The fraction of sp³-hybridized carbons (Fsp3) is 0.278. The van der Waals surface area contributed by atoms with Crippen molar-refractivity contribution in [3.8, 4) is 11.4 Å². The topological polar surface area (TPSA) is 125 Å². The number of hydrogen-bond acceptors (Lipinski definition) is 9. The van der Waals surface area contributed by atoms with E-state index in [1.165, 1.54) is 16.0 Å². The molecule has 0 atom stereocenters. The predicted molar refractivity (Wildman–Crippen MR) is 117 cm³/mol. The lowest BCUT2D eigenvalue weighted by Gasteiger charge is -2.04. The van der Waals surface area contributed by atoms with Crippen LogP contribution in [0.2, 0.25) is 5.02 Å². The lowest BCUT2D eigenvalue weighted by molar-refractivity contribution is -0.142. The molecule has 0 unspecified atom stereocenters. The maximum absolute atomic E-state index is 12.3. The second kappa shape index (κ2) is 9.92. The van der Waals surface area contributed by atoms with Gasteiger partial charge in [-0.2, -0.15) is 0 Å². The third kappa shape index (κ3) is 5.49. The van der Waals surface area contributed by atoms with Crippen LogP contribution in [0.3, 0.4) is 0 Å². The molecular weight excluding hydrogens is 448 g/mol. The van der Waals surface area contributed by atoms with Crippen LogP contribution in [0.25, 0.3) is 11.4 Å². The van der Waals surface area contributed by atoms with Crippen LogP contribution in [-0.4, -0.2) is 44.1 Å². The van der Waals surface area contributed by atoms with Crippen LogP contribution >= 0.6 is 34.7 Å². The van der Waals surface area contributed by atoms with Crippen molar-refractivity contribution in [2.45, 2.75) is 25.4 Å². The Hall–Kier alpha value is -2.63. The van der Waals surface area contributed by atoms with E-state index in [0.717, 1.165) is 22.2 Å². The SMILES string of the molecule is CCOC(=O)Cc1sc(NC(=O)CSc2nnc(-c3ccc(Cl)cc3)n2N)nc1C. The fourth-order valence-corrected chi connectivity index (χ4v) is 4.19. The number of nitrogen functional groups attached to an aromatic ring is 1. The van der Waals surface area contributed by atoms with Crippen molar-refractivity contribution >= 4 is 51.7 Å². The molecule has 3 N–H and O–H groups in total. The number of hydrogen-bond donors (Lipinski definition) is 2. The molecule has 0 bridgehead atoms. The Kier molecular flexibility index (Phi) is 7.29. The van der Waals surface area contributed by atoms with Gasteiger partial charge in [0.1, 0.15) is 0 Å². The molecule has 0 aliphatic rings. The van der Waals surface area contributed by atoms with E-state index in [1.54, 1.807) is 38.1 Å². The standard InChI is InChI=1S/C18H19ClN6O3S2/c1-3-28-15(27)8-13-10(2)21-17(30-13)22-14(26)9-29-18-24-23-16(25(18)20)11-4-6-12(19)7-5-11/h4-7H,3,8-9,20H2,1-2H3,(H,21,22,26). The van der Waals surface area contributed by atoms with Gasteiger partial charge in [-0.3, -0.25) is 9.59 Å². The van der Waals surface area contributed by atoms with E-state index in [0.29, 0.717) is 33.4 Å². The van der Waals surface area contributed by atoms with Gasteiger partial charge < -0.3 is 15.9 Å².